The monoisotopic (exact) mass is 394 g/mol. The summed E-state index contributed by atoms with van der Waals surface area (Å²) in [7, 11) is 1.37. The predicted octanol–water partition coefficient (Wildman–Crippen LogP) is 3.45. The molecule has 1 heterocycles. The summed E-state index contributed by atoms with van der Waals surface area (Å²) in [4.78, 5) is 20.7. The van der Waals surface area contributed by atoms with Crippen molar-refractivity contribution in [3.63, 3.8) is 0 Å². The lowest BCUT2D eigenvalue weighted by Gasteiger charge is -2.06. The molecule has 8 heteroatoms. The van der Waals surface area contributed by atoms with Gasteiger partial charge in [-0.05, 0) is 37.3 Å². The summed E-state index contributed by atoms with van der Waals surface area (Å²) in [6, 6.07) is 11.9. The van der Waals surface area contributed by atoms with Gasteiger partial charge >= 0.3 is 0 Å². The number of ether oxygens (including phenoxy) is 2. The molecule has 3 rings (SSSR count). The standard InChI is InChI=1S/C21H19FN4O3/c1-3-29-16-9-7-14(8-10-16)17-12-23-13-18(25-17)21(27)26-24-11-15-5-4-6-19(28-2)20(15)22/h4-13H,3H2,1-2H3,(H,26,27). The van der Waals surface area contributed by atoms with Gasteiger partial charge in [0.05, 0.1) is 38.0 Å². The van der Waals surface area contributed by atoms with Crippen molar-refractivity contribution < 1.29 is 18.7 Å². The van der Waals surface area contributed by atoms with Crippen molar-refractivity contribution in [2.24, 2.45) is 5.10 Å². The molecule has 0 spiro atoms. The van der Waals surface area contributed by atoms with E-state index in [0.717, 1.165) is 11.3 Å². The minimum Gasteiger partial charge on any atom is -0.494 e. The zero-order valence-corrected chi connectivity index (χ0v) is 15.9. The largest absolute Gasteiger partial charge is 0.494 e. The molecule has 1 aromatic heterocycles. The minimum absolute atomic E-state index is 0.0830. The van der Waals surface area contributed by atoms with Gasteiger partial charge < -0.3 is 9.47 Å². The molecule has 0 aliphatic heterocycles. The van der Waals surface area contributed by atoms with Crippen LogP contribution in [-0.2, 0) is 0 Å². The van der Waals surface area contributed by atoms with Crippen molar-refractivity contribution in [3.05, 3.63) is 71.9 Å². The first-order valence-corrected chi connectivity index (χ1v) is 8.83. The van der Waals surface area contributed by atoms with Gasteiger partial charge in [-0.1, -0.05) is 12.1 Å². The van der Waals surface area contributed by atoms with Gasteiger partial charge in [-0.3, -0.25) is 9.78 Å². The highest BCUT2D eigenvalue weighted by Gasteiger charge is 2.10. The van der Waals surface area contributed by atoms with Crippen LogP contribution in [0.25, 0.3) is 11.3 Å². The summed E-state index contributed by atoms with van der Waals surface area (Å²) in [6.45, 7) is 2.49. The number of hydrazone groups is 1. The van der Waals surface area contributed by atoms with Gasteiger partial charge in [-0.15, -0.1) is 0 Å². The molecule has 2 aromatic carbocycles. The fourth-order valence-corrected chi connectivity index (χ4v) is 2.51. The summed E-state index contributed by atoms with van der Waals surface area (Å²) in [5.41, 5.74) is 3.90. The van der Waals surface area contributed by atoms with Crippen LogP contribution in [0.1, 0.15) is 23.0 Å². The van der Waals surface area contributed by atoms with E-state index in [2.05, 4.69) is 20.5 Å². The third-order valence-electron chi connectivity index (χ3n) is 3.91. The van der Waals surface area contributed by atoms with Crippen LogP contribution >= 0.6 is 0 Å². The molecule has 3 aromatic rings. The second kappa shape index (κ2) is 9.41. The number of rotatable bonds is 7. The number of benzene rings is 2. The number of hydrogen-bond acceptors (Lipinski definition) is 6. The van der Waals surface area contributed by atoms with Gasteiger partial charge in [0.2, 0.25) is 0 Å². The number of hydrogen-bond donors (Lipinski definition) is 1. The highest BCUT2D eigenvalue weighted by molar-refractivity contribution is 5.93. The van der Waals surface area contributed by atoms with Gasteiger partial charge in [-0.2, -0.15) is 5.10 Å². The highest BCUT2D eigenvalue weighted by Crippen LogP contribution is 2.20. The van der Waals surface area contributed by atoms with Crippen LogP contribution in [0.2, 0.25) is 0 Å². The SMILES string of the molecule is CCOc1ccc(-c2cncc(C(=O)NN=Cc3cccc(OC)c3F)n2)cc1. The van der Waals surface area contributed by atoms with Gasteiger partial charge in [0, 0.05) is 11.1 Å². The Kier molecular flexibility index (Phi) is 6.47. The fourth-order valence-electron chi connectivity index (χ4n) is 2.51. The van der Waals surface area contributed by atoms with Crippen molar-refractivity contribution in [2.75, 3.05) is 13.7 Å². The molecular weight excluding hydrogens is 375 g/mol. The lowest BCUT2D eigenvalue weighted by atomic mass is 10.1. The van der Waals surface area contributed by atoms with E-state index >= 15 is 0 Å². The molecule has 7 nitrogen and oxygen atoms in total. The lowest BCUT2D eigenvalue weighted by Crippen LogP contribution is -2.19. The number of carbonyl (C=O) groups is 1. The number of carbonyl (C=O) groups excluding carboxylic acids is 1. The molecule has 29 heavy (non-hydrogen) atoms. The Bertz CT molecular complexity index is 1020. The molecular formula is C21H19FN4O3. The van der Waals surface area contributed by atoms with Crippen molar-refractivity contribution in [1.29, 1.82) is 0 Å². The molecule has 1 N–H and O–H groups in total. The molecule has 0 atom stereocenters. The van der Waals surface area contributed by atoms with E-state index < -0.39 is 11.7 Å². The van der Waals surface area contributed by atoms with E-state index in [9.17, 15) is 9.18 Å². The number of halogens is 1. The average Bonchev–Trinajstić information content (AvgIpc) is 2.76. The molecule has 0 bridgehead atoms. The van der Waals surface area contributed by atoms with Crippen molar-refractivity contribution in [2.45, 2.75) is 6.92 Å². The van der Waals surface area contributed by atoms with E-state index in [0.29, 0.717) is 12.3 Å². The third-order valence-corrected chi connectivity index (χ3v) is 3.91. The van der Waals surface area contributed by atoms with Crippen LogP contribution in [-0.4, -0.2) is 35.8 Å². The van der Waals surface area contributed by atoms with E-state index in [4.69, 9.17) is 9.47 Å². The summed E-state index contributed by atoms with van der Waals surface area (Å²) < 4.78 is 24.4. The van der Waals surface area contributed by atoms with Crippen LogP contribution < -0.4 is 14.9 Å². The van der Waals surface area contributed by atoms with Gasteiger partial charge in [0.25, 0.3) is 5.91 Å². The summed E-state index contributed by atoms with van der Waals surface area (Å²) in [5.74, 6) is -0.290. The second-order valence-corrected chi connectivity index (χ2v) is 5.81. The average molecular weight is 394 g/mol. The van der Waals surface area contributed by atoms with Crippen LogP contribution in [0.15, 0.2) is 60.0 Å². The Balaban J connectivity index is 1.71. The maximum atomic E-state index is 14.1. The first-order valence-electron chi connectivity index (χ1n) is 8.83. The topological polar surface area (TPSA) is 85.7 Å². The van der Waals surface area contributed by atoms with Crippen molar-refractivity contribution in [3.8, 4) is 22.8 Å². The fraction of sp³-hybridized carbons (Fsp3) is 0.143. The smallest absolute Gasteiger partial charge is 0.291 e. The Labute approximate surface area is 167 Å². The van der Waals surface area contributed by atoms with Gasteiger partial charge in [0.1, 0.15) is 11.4 Å². The molecule has 0 aliphatic carbocycles. The zero-order chi connectivity index (χ0) is 20.6. The Hall–Kier alpha value is -3.81. The third kappa shape index (κ3) is 4.92. The minimum atomic E-state index is -0.565. The Morgan fingerprint density at radius 2 is 2.00 bits per heavy atom. The molecule has 148 valence electrons. The Morgan fingerprint density at radius 3 is 2.72 bits per heavy atom. The quantitative estimate of drug-likeness (QED) is 0.490. The Morgan fingerprint density at radius 1 is 1.21 bits per heavy atom. The van der Waals surface area contributed by atoms with Crippen LogP contribution in [0, 0.1) is 5.82 Å². The van der Waals surface area contributed by atoms with Crippen LogP contribution in [0.5, 0.6) is 11.5 Å². The lowest BCUT2D eigenvalue weighted by molar-refractivity contribution is 0.0950. The van der Waals surface area contributed by atoms with E-state index in [1.54, 1.807) is 12.3 Å². The van der Waals surface area contributed by atoms with Crippen LogP contribution in [0.3, 0.4) is 0 Å². The maximum Gasteiger partial charge on any atom is 0.291 e. The summed E-state index contributed by atoms with van der Waals surface area (Å²) in [6.07, 6.45) is 4.08. The molecule has 0 radical (unpaired) electrons. The molecule has 0 unspecified atom stereocenters. The maximum absolute atomic E-state index is 14.1. The molecule has 0 saturated carbocycles. The van der Waals surface area contributed by atoms with E-state index in [-0.39, 0.29) is 17.0 Å². The van der Waals surface area contributed by atoms with Gasteiger partial charge in [0.15, 0.2) is 11.6 Å². The van der Waals surface area contributed by atoms with Gasteiger partial charge in [-0.25, -0.2) is 14.8 Å². The van der Waals surface area contributed by atoms with E-state index in [1.807, 2.05) is 31.2 Å². The second-order valence-electron chi connectivity index (χ2n) is 5.81. The van der Waals surface area contributed by atoms with Crippen molar-refractivity contribution >= 4 is 12.1 Å². The van der Waals surface area contributed by atoms with Crippen molar-refractivity contribution in [1.82, 2.24) is 15.4 Å². The predicted molar refractivity (Wildman–Crippen MR) is 107 cm³/mol. The molecule has 0 saturated heterocycles. The van der Waals surface area contributed by atoms with Crippen LogP contribution in [0.4, 0.5) is 4.39 Å². The normalized spacial score (nSPS) is 10.7. The molecule has 0 aliphatic rings. The highest BCUT2D eigenvalue weighted by atomic mass is 19.1. The number of aromatic nitrogens is 2. The number of amides is 1. The first kappa shape index (κ1) is 19.9. The molecule has 1 amide bonds. The summed E-state index contributed by atoms with van der Waals surface area (Å²) in [5, 5.41) is 3.78. The molecule has 0 fully saturated rings. The number of nitrogens with zero attached hydrogens (tertiary/aromatic N) is 3. The zero-order valence-electron chi connectivity index (χ0n) is 15.9. The number of methoxy groups -OCH3 is 1. The summed E-state index contributed by atoms with van der Waals surface area (Å²) >= 11 is 0. The number of nitrogens with one attached hydrogen (secondary N) is 1. The van der Waals surface area contributed by atoms with E-state index in [1.165, 1.54) is 31.7 Å². The first-order chi connectivity index (χ1) is 14.1.